The third-order valence-electron chi connectivity index (χ3n) is 4.58. The minimum absolute atomic E-state index is 0.148. The van der Waals surface area contributed by atoms with Crippen LogP contribution in [0.4, 0.5) is 0 Å². The molecular weight excluding hydrogens is 338 g/mol. The Balaban J connectivity index is 0. The van der Waals surface area contributed by atoms with Crippen LogP contribution in [0.3, 0.4) is 0 Å². The number of hydrogen-bond donors (Lipinski definition) is 3. The lowest BCUT2D eigenvalue weighted by atomic mass is 9.83. The number of rotatable bonds is 15. The van der Waals surface area contributed by atoms with Crippen LogP contribution in [-0.4, -0.2) is 23.1 Å². The molecular formula is C19H43NO4S. The van der Waals surface area contributed by atoms with Crippen LogP contribution in [-0.2, 0) is 10.4 Å². The summed E-state index contributed by atoms with van der Waals surface area (Å²) in [6.45, 7) is 6.85. The van der Waals surface area contributed by atoms with E-state index in [0.29, 0.717) is 0 Å². The van der Waals surface area contributed by atoms with E-state index < -0.39 is 10.4 Å². The maximum Gasteiger partial charge on any atom is 0.394 e. The highest BCUT2D eigenvalue weighted by molar-refractivity contribution is 7.79. The van der Waals surface area contributed by atoms with Gasteiger partial charge >= 0.3 is 10.4 Å². The minimum Gasteiger partial charge on any atom is -0.325 e. The van der Waals surface area contributed by atoms with Gasteiger partial charge in [-0.05, 0) is 19.3 Å². The van der Waals surface area contributed by atoms with E-state index in [2.05, 4.69) is 20.8 Å². The normalized spacial score (nSPS) is 11.9. The maximum atomic E-state index is 8.74. The van der Waals surface area contributed by atoms with Crippen molar-refractivity contribution >= 4 is 10.4 Å². The van der Waals surface area contributed by atoms with Crippen molar-refractivity contribution in [3.05, 3.63) is 0 Å². The molecule has 0 aliphatic heterocycles. The molecule has 0 aromatic carbocycles. The average Bonchev–Trinajstić information content (AvgIpc) is 2.51. The van der Waals surface area contributed by atoms with Crippen LogP contribution in [0.25, 0.3) is 0 Å². The molecule has 0 spiro atoms. The smallest absolute Gasteiger partial charge is 0.325 e. The van der Waals surface area contributed by atoms with Crippen LogP contribution in [0.1, 0.15) is 117 Å². The minimum atomic E-state index is -4.67. The molecule has 0 atom stereocenters. The lowest BCUT2D eigenvalue weighted by molar-refractivity contribution is 0.304. The molecule has 0 fully saturated rings. The van der Waals surface area contributed by atoms with Gasteiger partial charge in [0.1, 0.15) is 0 Å². The Labute approximate surface area is 156 Å². The molecule has 4 N–H and O–H groups in total. The first-order valence-electron chi connectivity index (χ1n) is 10.2. The molecule has 5 nitrogen and oxygen atoms in total. The van der Waals surface area contributed by atoms with E-state index in [1.165, 1.54) is 96.3 Å². The molecule has 0 radical (unpaired) electrons. The van der Waals surface area contributed by atoms with Crippen LogP contribution in [0.15, 0.2) is 0 Å². The summed E-state index contributed by atoms with van der Waals surface area (Å²) in [5.74, 6) is 0. The lowest BCUT2D eigenvalue weighted by Gasteiger charge is -2.30. The first kappa shape index (κ1) is 27.1. The Kier molecular flexibility index (Phi) is 18.7. The highest BCUT2D eigenvalue weighted by Gasteiger charge is 2.23. The molecule has 0 rings (SSSR count). The van der Waals surface area contributed by atoms with Crippen LogP contribution < -0.4 is 5.73 Å². The molecule has 0 amide bonds. The zero-order valence-corrected chi connectivity index (χ0v) is 17.6. The third-order valence-corrected chi connectivity index (χ3v) is 4.58. The highest BCUT2D eigenvalue weighted by atomic mass is 32.3. The van der Waals surface area contributed by atoms with E-state index >= 15 is 0 Å². The fraction of sp³-hybridized carbons (Fsp3) is 1.00. The van der Waals surface area contributed by atoms with Crippen molar-refractivity contribution in [2.45, 2.75) is 123 Å². The summed E-state index contributed by atoms with van der Waals surface area (Å²) >= 11 is 0. The average molecular weight is 382 g/mol. The molecule has 0 aromatic rings. The van der Waals surface area contributed by atoms with E-state index in [0.717, 1.165) is 0 Å². The topological polar surface area (TPSA) is 101 Å². The monoisotopic (exact) mass is 381 g/mol. The van der Waals surface area contributed by atoms with Gasteiger partial charge in [-0.1, -0.05) is 97.8 Å². The Hall–Kier alpha value is -0.170. The summed E-state index contributed by atoms with van der Waals surface area (Å²) in [7, 11) is -4.67. The summed E-state index contributed by atoms with van der Waals surface area (Å²) in [5.41, 5.74) is 6.89. The molecule has 0 saturated carbocycles. The predicted octanol–water partition coefficient (Wildman–Crippen LogP) is 5.94. The van der Waals surface area contributed by atoms with Gasteiger partial charge in [-0.15, -0.1) is 0 Å². The molecule has 0 aromatic heterocycles. The van der Waals surface area contributed by atoms with E-state index in [-0.39, 0.29) is 5.54 Å². The first-order chi connectivity index (χ1) is 11.7. The molecule has 0 bridgehead atoms. The molecule has 0 unspecified atom stereocenters. The first-order valence-corrected chi connectivity index (χ1v) is 11.6. The second-order valence-corrected chi connectivity index (χ2v) is 8.14. The maximum absolute atomic E-state index is 8.74. The van der Waals surface area contributed by atoms with E-state index in [9.17, 15) is 0 Å². The summed E-state index contributed by atoms with van der Waals surface area (Å²) in [6, 6.07) is 0. The fourth-order valence-electron chi connectivity index (χ4n) is 3.09. The van der Waals surface area contributed by atoms with Crippen molar-refractivity contribution in [3.63, 3.8) is 0 Å². The zero-order valence-electron chi connectivity index (χ0n) is 16.8. The largest absolute Gasteiger partial charge is 0.394 e. The predicted molar refractivity (Wildman–Crippen MR) is 107 cm³/mol. The van der Waals surface area contributed by atoms with Gasteiger partial charge in [-0.25, -0.2) is 0 Å². The third kappa shape index (κ3) is 26.2. The summed E-state index contributed by atoms with van der Waals surface area (Å²) < 4.78 is 31.6. The second-order valence-electron chi connectivity index (χ2n) is 7.24. The molecule has 0 aliphatic rings. The lowest BCUT2D eigenvalue weighted by Crippen LogP contribution is -2.39. The zero-order chi connectivity index (χ0) is 19.6. The standard InChI is InChI=1S/C19H41N.H2O4S/c1-4-7-10-13-16-19(20,17-14-11-8-5-2)18-15-12-9-6-3;1-5(2,3)4/h4-18,20H2,1-3H3;(H2,1,2,3,4). The Morgan fingerprint density at radius 2 is 0.880 bits per heavy atom. The summed E-state index contributed by atoms with van der Waals surface area (Å²) in [5, 5.41) is 0. The quantitative estimate of drug-likeness (QED) is 0.240. The van der Waals surface area contributed by atoms with Gasteiger partial charge in [-0.2, -0.15) is 8.42 Å². The fourth-order valence-corrected chi connectivity index (χ4v) is 3.09. The molecule has 6 heteroatoms. The SMILES string of the molecule is CCCCCCC(N)(CCCCCC)CCCCCC.O=S(=O)(O)O. The Bertz CT molecular complexity index is 332. The van der Waals surface area contributed by atoms with Crippen molar-refractivity contribution in [1.82, 2.24) is 0 Å². The van der Waals surface area contributed by atoms with Crippen LogP contribution >= 0.6 is 0 Å². The molecule has 0 saturated heterocycles. The summed E-state index contributed by atoms with van der Waals surface area (Å²) in [6.07, 6.45) is 20.0. The van der Waals surface area contributed by atoms with Crippen LogP contribution in [0.2, 0.25) is 0 Å². The number of unbranched alkanes of at least 4 members (excludes halogenated alkanes) is 9. The van der Waals surface area contributed by atoms with Crippen molar-refractivity contribution in [2.75, 3.05) is 0 Å². The number of nitrogens with two attached hydrogens (primary N) is 1. The van der Waals surface area contributed by atoms with Gasteiger partial charge in [0.2, 0.25) is 0 Å². The van der Waals surface area contributed by atoms with Crippen molar-refractivity contribution in [1.29, 1.82) is 0 Å². The van der Waals surface area contributed by atoms with E-state index in [4.69, 9.17) is 23.3 Å². The molecule has 25 heavy (non-hydrogen) atoms. The van der Waals surface area contributed by atoms with Crippen molar-refractivity contribution in [3.8, 4) is 0 Å². The van der Waals surface area contributed by atoms with E-state index in [1.54, 1.807) is 0 Å². The van der Waals surface area contributed by atoms with Crippen molar-refractivity contribution < 1.29 is 17.5 Å². The van der Waals surface area contributed by atoms with Crippen molar-refractivity contribution in [2.24, 2.45) is 5.73 Å². The van der Waals surface area contributed by atoms with Gasteiger partial charge in [0.05, 0.1) is 0 Å². The molecule has 0 heterocycles. The summed E-state index contributed by atoms with van der Waals surface area (Å²) in [4.78, 5) is 0. The van der Waals surface area contributed by atoms with E-state index in [1.807, 2.05) is 0 Å². The second kappa shape index (κ2) is 17.3. The van der Waals surface area contributed by atoms with Gasteiger partial charge in [-0.3, -0.25) is 9.11 Å². The van der Waals surface area contributed by atoms with Crippen LogP contribution in [0, 0.1) is 0 Å². The number of hydrogen-bond acceptors (Lipinski definition) is 3. The van der Waals surface area contributed by atoms with Gasteiger partial charge in [0.15, 0.2) is 0 Å². The molecule has 0 aliphatic carbocycles. The Morgan fingerprint density at radius 3 is 1.08 bits per heavy atom. The van der Waals surface area contributed by atoms with Gasteiger partial charge in [0.25, 0.3) is 0 Å². The van der Waals surface area contributed by atoms with Gasteiger partial charge < -0.3 is 5.73 Å². The highest BCUT2D eigenvalue weighted by Crippen LogP contribution is 2.26. The van der Waals surface area contributed by atoms with Gasteiger partial charge in [0, 0.05) is 5.54 Å². The van der Waals surface area contributed by atoms with Crippen LogP contribution in [0.5, 0.6) is 0 Å². The molecule has 154 valence electrons. The Morgan fingerprint density at radius 1 is 0.640 bits per heavy atom.